The zero-order valence-corrected chi connectivity index (χ0v) is 10.6. The average Bonchev–Trinajstić information content (AvgIpc) is 2.35. The van der Waals surface area contributed by atoms with Crippen molar-refractivity contribution in [1.82, 2.24) is 5.32 Å². The maximum atomic E-state index is 12.0. The van der Waals surface area contributed by atoms with Crippen LogP contribution in [0.25, 0.3) is 0 Å². The van der Waals surface area contributed by atoms with Gasteiger partial charge < -0.3 is 16.8 Å². The van der Waals surface area contributed by atoms with Crippen molar-refractivity contribution in [3.05, 3.63) is 11.4 Å². The zero-order chi connectivity index (χ0) is 13.7. The van der Waals surface area contributed by atoms with Gasteiger partial charge in [0.1, 0.15) is 5.71 Å². The predicted molar refractivity (Wildman–Crippen MR) is 68.5 cm³/mol. The van der Waals surface area contributed by atoms with Crippen molar-refractivity contribution in [3.63, 3.8) is 0 Å². The van der Waals surface area contributed by atoms with Gasteiger partial charge in [0.05, 0.1) is 5.70 Å². The predicted octanol–water partition coefficient (Wildman–Crippen LogP) is 0.378. The number of carbonyl (C=O) groups excluding carboxylic acids is 2. The second kappa shape index (κ2) is 6.18. The summed E-state index contributed by atoms with van der Waals surface area (Å²) in [7, 11) is 0. The summed E-state index contributed by atoms with van der Waals surface area (Å²) in [6.07, 6.45) is 4.90. The van der Waals surface area contributed by atoms with Crippen LogP contribution in [0.2, 0.25) is 0 Å². The van der Waals surface area contributed by atoms with E-state index in [-0.39, 0.29) is 23.2 Å². The van der Waals surface area contributed by atoms with Gasteiger partial charge in [0, 0.05) is 11.6 Å². The van der Waals surface area contributed by atoms with Crippen molar-refractivity contribution in [2.24, 2.45) is 17.4 Å². The SMILES string of the molecule is C/C(N)=C(\NC(=O)C1CCCCC1)C(=N)C(N)=O. The van der Waals surface area contributed by atoms with E-state index in [1.165, 1.54) is 6.92 Å². The third-order valence-corrected chi connectivity index (χ3v) is 3.11. The number of nitrogens with two attached hydrogens (primary N) is 2. The van der Waals surface area contributed by atoms with Crippen LogP contribution in [-0.4, -0.2) is 17.5 Å². The highest BCUT2D eigenvalue weighted by atomic mass is 16.2. The molecule has 0 aromatic rings. The van der Waals surface area contributed by atoms with Gasteiger partial charge in [-0.15, -0.1) is 0 Å². The summed E-state index contributed by atoms with van der Waals surface area (Å²) in [6, 6.07) is 0. The molecule has 1 saturated carbocycles. The molecular weight excluding hydrogens is 232 g/mol. The van der Waals surface area contributed by atoms with Gasteiger partial charge in [-0.25, -0.2) is 0 Å². The fourth-order valence-electron chi connectivity index (χ4n) is 2.07. The first-order valence-electron chi connectivity index (χ1n) is 6.09. The topological polar surface area (TPSA) is 122 Å². The molecule has 0 aromatic heterocycles. The highest BCUT2D eigenvalue weighted by molar-refractivity contribution is 6.43. The molecule has 0 bridgehead atoms. The Balaban J connectivity index is 2.73. The minimum atomic E-state index is -0.904. The number of carbonyl (C=O) groups is 2. The Kier molecular flexibility index (Phi) is 4.88. The van der Waals surface area contributed by atoms with E-state index in [1.54, 1.807) is 0 Å². The Morgan fingerprint density at radius 2 is 1.72 bits per heavy atom. The lowest BCUT2D eigenvalue weighted by molar-refractivity contribution is -0.125. The molecule has 18 heavy (non-hydrogen) atoms. The van der Waals surface area contributed by atoms with E-state index >= 15 is 0 Å². The molecule has 6 heteroatoms. The molecule has 0 saturated heterocycles. The van der Waals surface area contributed by atoms with Gasteiger partial charge in [-0.3, -0.25) is 15.0 Å². The number of amides is 2. The highest BCUT2D eigenvalue weighted by Gasteiger charge is 2.24. The standard InChI is InChI=1S/C12H20N4O2/c1-7(13)10(9(14)11(15)17)16-12(18)8-5-3-2-4-6-8/h8,14H,2-6,13H2,1H3,(H2,15,17)(H,16,18)/b10-7+,14-9?. The van der Waals surface area contributed by atoms with E-state index < -0.39 is 11.6 Å². The number of primary amides is 1. The summed E-state index contributed by atoms with van der Waals surface area (Å²) in [5.74, 6) is -1.15. The van der Waals surface area contributed by atoms with Gasteiger partial charge in [0.15, 0.2) is 0 Å². The van der Waals surface area contributed by atoms with Crippen LogP contribution in [0.1, 0.15) is 39.0 Å². The minimum Gasteiger partial charge on any atom is -0.401 e. The Hall–Kier alpha value is -1.85. The molecule has 0 aromatic carbocycles. The summed E-state index contributed by atoms with van der Waals surface area (Å²) in [4.78, 5) is 23.0. The molecule has 100 valence electrons. The van der Waals surface area contributed by atoms with E-state index in [0.29, 0.717) is 0 Å². The molecule has 0 spiro atoms. The number of allylic oxidation sites excluding steroid dienone is 1. The first-order valence-corrected chi connectivity index (χ1v) is 6.09. The van der Waals surface area contributed by atoms with Gasteiger partial charge in [0.2, 0.25) is 5.91 Å². The molecule has 2 amide bonds. The lowest BCUT2D eigenvalue weighted by Crippen LogP contribution is -2.39. The zero-order valence-electron chi connectivity index (χ0n) is 10.6. The molecule has 0 atom stereocenters. The van der Waals surface area contributed by atoms with E-state index in [1.807, 2.05) is 0 Å². The normalized spacial score (nSPS) is 17.8. The van der Waals surface area contributed by atoms with Crippen LogP contribution in [0.4, 0.5) is 0 Å². The van der Waals surface area contributed by atoms with E-state index in [9.17, 15) is 9.59 Å². The van der Waals surface area contributed by atoms with Crippen molar-refractivity contribution >= 4 is 17.5 Å². The lowest BCUT2D eigenvalue weighted by Gasteiger charge is -2.21. The minimum absolute atomic E-state index is 0.0260. The second-order valence-corrected chi connectivity index (χ2v) is 4.62. The van der Waals surface area contributed by atoms with Crippen LogP contribution in [0.15, 0.2) is 11.4 Å². The van der Waals surface area contributed by atoms with Crippen LogP contribution >= 0.6 is 0 Å². The number of nitrogens with one attached hydrogen (secondary N) is 2. The fourth-order valence-corrected chi connectivity index (χ4v) is 2.07. The van der Waals surface area contributed by atoms with Crippen molar-refractivity contribution < 1.29 is 9.59 Å². The van der Waals surface area contributed by atoms with Crippen LogP contribution in [0, 0.1) is 11.3 Å². The second-order valence-electron chi connectivity index (χ2n) is 4.62. The molecule has 0 aliphatic heterocycles. The number of hydrogen-bond donors (Lipinski definition) is 4. The molecule has 0 heterocycles. The molecule has 0 radical (unpaired) electrons. The maximum absolute atomic E-state index is 12.0. The van der Waals surface area contributed by atoms with Crippen LogP contribution < -0.4 is 16.8 Å². The Bertz CT molecular complexity index is 391. The van der Waals surface area contributed by atoms with E-state index in [4.69, 9.17) is 16.9 Å². The first kappa shape index (κ1) is 14.2. The molecule has 1 rings (SSSR count). The molecule has 1 aliphatic carbocycles. The van der Waals surface area contributed by atoms with Crippen LogP contribution in [-0.2, 0) is 9.59 Å². The third-order valence-electron chi connectivity index (χ3n) is 3.11. The Morgan fingerprint density at radius 1 is 1.17 bits per heavy atom. The van der Waals surface area contributed by atoms with E-state index in [0.717, 1.165) is 32.1 Å². The van der Waals surface area contributed by atoms with Crippen molar-refractivity contribution in [2.75, 3.05) is 0 Å². The number of rotatable bonds is 4. The first-order chi connectivity index (χ1) is 8.43. The van der Waals surface area contributed by atoms with Gasteiger partial charge in [-0.2, -0.15) is 0 Å². The van der Waals surface area contributed by atoms with Crippen molar-refractivity contribution in [2.45, 2.75) is 39.0 Å². The van der Waals surface area contributed by atoms with Gasteiger partial charge in [0.25, 0.3) is 5.91 Å². The third kappa shape index (κ3) is 3.58. The van der Waals surface area contributed by atoms with Crippen LogP contribution in [0.5, 0.6) is 0 Å². The van der Waals surface area contributed by atoms with Gasteiger partial charge in [-0.1, -0.05) is 19.3 Å². The van der Waals surface area contributed by atoms with Gasteiger partial charge >= 0.3 is 0 Å². The molecule has 0 unspecified atom stereocenters. The highest BCUT2D eigenvalue weighted by Crippen LogP contribution is 2.23. The molecule has 1 aliphatic rings. The molecule has 6 nitrogen and oxygen atoms in total. The smallest absolute Gasteiger partial charge is 0.268 e. The lowest BCUT2D eigenvalue weighted by atomic mass is 9.88. The van der Waals surface area contributed by atoms with Crippen molar-refractivity contribution in [3.8, 4) is 0 Å². The summed E-state index contributed by atoms with van der Waals surface area (Å²) < 4.78 is 0. The summed E-state index contributed by atoms with van der Waals surface area (Å²) in [5.41, 5.74) is 10.4. The average molecular weight is 252 g/mol. The fraction of sp³-hybridized carbons (Fsp3) is 0.583. The largest absolute Gasteiger partial charge is 0.401 e. The quantitative estimate of drug-likeness (QED) is 0.541. The molecule has 1 fully saturated rings. The summed E-state index contributed by atoms with van der Waals surface area (Å²) >= 11 is 0. The Morgan fingerprint density at radius 3 is 2.17 bits per heavy atom. The van der Waals surface area contributed by atoms with Crippen molar-refractivity contribution in [1.29, 1.82) is 5.41 Å². The van der Waals surface area contributed by atoms with Gasteiger partial charge in [-0.05, 0) is 19.8 Å². The maximum Gasteiger partial charge on any atom is 0.268 e. The van der Waals surface area contributed by atoms with E-state index in [2.05, 4.69) is 5.32 Å². The molecule has 6 N–H and O–H groups in total. The number of hydrogen-bond acceptors (Lipinski definition) is 4. The summed E-state index contributed by atoms with van der Waals surface area (Å²) in [6.45, 7) is 1.52. The molecular formula is C12H20N4O2. The summed E-state index contributed by atoms with van der Waals surface area (Å²) in [5, 5.41) is 10.1. The van der Waals surface area contributed by atoms with Crippen LogP contribution in [0.3, 0.4) is 0 Å². The Labute approximate surface area is 106 Å². The monoisotopic (exact) mass is 252 g/mol.